The third kappa shape index (κ3) is 1.20. The number of aromatic nitrogens is 4. The highest BCUT2D eigenvalue weighted by atomic mass is 16.2. The molecule has 0 atom stereocenters. The van der Waals surface area contributed by atoms with Crippen molar-refractivity contribution in [3.8, 4) is 0 Å². The maximum absolute atomic E-state index is 11.6. The first kappa shape index (κ1) is 8.61. The number of carbonyl (C=O) groups is 1. The summed E-state index contributed by atoms with van der Waals surface area (Å²) < 4.78 is 0. The average molecular weight is 191 g/mol. The summed E-state index contributed by atoms with van der Waals surface area (Å²) in [5.41, 5.74) is 0.927. The van der Waals surface area contributed by atoms with Gasteiger partial charge < -0.3 is 4.90 Å². The van der Waals surface area contributed by atoms with Crippen LogP contribution in [0.3, 0.4) is 0 Å². The minimum atomic E-state index is -0.137. The molecule has 1 amide bonds. The van der Waals surface area contributed by atoms with Gasteiger partial charge in [-0.25, -0.2) is 9.97 Å². The number of amides is 1. The van der Waals surface area contributed by atoms with Crippen LogP contribution in [0.15, 0.2) is 12.5 Å². The number of carbonyl (C=O) groups excluding carboxylic acids is 1. The van der Waals surface area contributed by atoms with Crippen LogP contribution in [0.25, 0.3) is 11.0 Å². The van der Waals surface area contributed by atoms with E-state index in [1.54, 1.807) is 20.3 Å². The standard InChI is InChI=1S/C8H9N5O/c1-13(2)8(14)6-5-3-9-4-10-7(5)12-11-6/h3-4H,1-2H3,(H,9,10,11,12). The zero-order valence-corrected chi connectivity index (χ0v) is 7.85. The van der Waals surface area contributed by atoms with Crippen molar-refractivity contribution in [2.24, 2.45) is 0 Å². The molecule has 2 heterocycles. The molecule has 0 saturated carbocycles. The maximum atomic E-state index is 11.6. The predicted octanol–water partition coefficient (Wildman–Crippen LogP) is 0.0547. The summed E-state index contributed by atoms with van der Waals surface area (Å²) in [5.74, 6) is -0.137. The Balaban J connectivity index is 2.58. The summed E-state index contributed by atoms with van der Waals surface area (Å²) in [6, 6.07) is 0. The summed E-state index contributed by atoms with van der Waals surface area (Å²) in [4.78, 5) is 20.9. The fraction of sp³-hybridized carbons (Fsp3) is 0.250. The van der Waals surface area contributed by atoms with Crippen LogP contribution in [0.5, 0.6) is 0 Å². The lowest BCUT2D eigenvalue weighted by molar-refractivity contribution is 0.0823. The summed E-state index contributed by atoms with van der Waals surface area (Å²) in [6.07, 6.45) is 2.97. The van der Waals surface area contributed by atoms with Gasteiger partial charge in [0.15, 0.2) is 5.65 Å². The lowest BCUT2D eigenvalue weighted by Gasteiger charge is -2.07. The zero-order chi connectivity index (χ0) is 10.1. The van der Waals surface area contributed by atoms with Gasteiger partial charge in [-0.05, 0) is 0 Å². The molecule has 0 radical (unpaired) electrons. The van der Waals surface area contributed by atoms with Crippen LogP contribution in [0, 0.1) is 0 Å². The lowest BCUT2D eigenvalue weighted by Crippen LogP contribution is -2.22. The molecule has 2 aromatic rings. The van der Waals surface area contributed by atoms with Gasteiger partial charge in [0.05, 0.1) is 5.39 Å². The molecule has 72 valence electrons. The van der Waals surface area contributed by atoms with Crippen molar-refractivity contribution >= 4 is 16.9 Å². The van der Waals surface area contributed by atoms with Gasteiger partial charge in [-0.15, -0.1) is 0 Å². The van der Waals surface area contributed by atoms with Gasteiger partial charge in [0, 0.05) is 20.3 Å². The highest BCUT2D eigenvalue weighted by molar-refractivity contribution is 6.03. The van der Waals surface area contributed by atoms with Gasteiger partial charge in [0.25, 0.3) is 5.91 Å². The van der Waals surface area contributed by atoms with Crippen molar-refractivity contribution in [1.29, 1.82) is 0 Å². The Labute approximate surface area is 80.0 Å². The van der Waals surface area contributed by atoms with Crippen molar-refractivity contribution in [2.75, 3.05) is 14.1 Å². The van der Waals surface area contributed by atoms with E-state index in [0.717, 1.165) is 0 Å². The SMILES string of the molecule is CN(C)C(=O)c1[nH]nc2ncncc12. The highest BCUT2D eigenvalue weighted by Crippen LogP contribution is 2.12. The number of nitrogens with one attached hydrogen (secondary N) is 1. The summed E-state index contributed by atoms with van der Waals surface area (Å²) >= 11 is 0. The second-order valence-electron chi connectivity index (χ2n) is 3.06. The van der Waals surface area contributed by atoms with E-state index in [9.17, 15) is 4.79 Å². The second-order valence-corrected chi connectivity index (χ2v) is 3.06. The van der Waals surface area contributed by atoms with Crippen LogP contribution in [-0.2, 0) is 0 Å². The molecule has 6 nitrogen and oxygen atoms in total. The molecule has 0 aliphatic carbocycles. The molecule has 0 aromatic carbocycles. The fourth-order valence-electron chi connectivity index (χ4n) is 1.14. The molecule has 0 bridgehead atoms. The fourth-order valence-corrected chi connectivity index (χ4v) is 1.14. The minimum absolute atomic E-state index is 0.137. The molecule has 0 spiro atoms. The summed E-state index contributed by atoms with van der Waals surface area (Å²) in [6.45, 7) is 0. The number of hydrogen-bond donors (Lipinski definition) is 1. The maximum Gasteiger partial charge on any atom is 0.272 e. The van der Waals surface area contributed by atoms with Gasteiger partial charge in [-0.3, -0.25) is 9.89 Å². The van der Waals surface area contributed by atoms with Crippen LogP contribution < -0.4 is 0 Å². The van der Waals surface area contributed by atoms with Crippen molar-refractivity contribution in [2.45, 2.75) is 0 Å². The average Bonchev–Trinajstić information content (AvgIpc) is 2.60. The Morgan fingerprint density at radius 1 is 1.50 bits per heavy atom. The van der Waals surface area contributed by atoms with Crippen molar-refractivity contribution in [3.05, 3.63) is 18.2 Å². The van der Waals surface area contributed by atoms with E-state index in [1.165, 1.54) is 11.2 Å². The third-order valence-electron chi connectivity index (χ3n) is 1.85. The summed E-state index contributed by atoms with van der Waals surface area (Å²) in [5, 5.41) is 7.19. The first-order valence-electron chi connectivity index (χ1n) is 4.06. The second kappa shape index (κ2) is 3.06. The van der Waals surface area contributed by atoms with Crippen molar-refractivity contribution < 1.29 is 4.79 Å². The van der Waals surface area contributed by atoms with Gasteiger partial charge >= 0.3 is 0 Å². The molecule has 0 aliphatic rings. The number of rotatable bonds is 1. The van der Waals surface area contributed by atoms with Gasteiger partial charge in [-0.1, -0.05) is 0 Å². The largest absolute Gasteiger partial charge is 0.343 e. The van der Waals surface area contributed by atoms with Crippen LogP contribution >= 0.6 is 0 Å². The third-order valence-corrected chi connectivity index (χ3v) is 1.85. The Kier molecular flexibility index (Phi) is 1.88. The number of fused-ring (bicyclic) bond motifs is 1. The molecule has 2 rings (SSSR count). The van der Waals surface area contributed by atoms with Crippen LogP contribution in [0.2, 0.25) is 0 Å². The molecule has 0 unspecified atom stereocenters. The summed E-state index contributed by atoms with van der Waals surface area (Å²) in [7, 11) is 3.36. The van der Waals surface area contributed by atoms with Gasteiger partial charge in [0.2, 0.25) is 0 Å². The van der Waals surface area contributed by atoms with Crippen molar-refractivity contribution in [1.82, 2.24) is 25.1 Å². The molecule has 0 aliphatic heterocycles. The van der Waals surface area contributed by atoms with Crippen LogP contribution in [0.4, 0.5) is 0 Å². The van der Waals surface area contributed by atoms with Gasteiger partial charge in [0.1, 0.15) is 12.0 Å². The quantitative estimate of drug-likeness (QED) is 0.691. The first-order valence-corrected chi connectivity index (χ1v) is 4.06. The van der Waals surface area contributed by atoms with E-state index < -0.39 is 0 Å². The Morgan fingerprint density at radius 3 is 3.00 bits per heavy atom. The molecular weight excluding hydrogens is 182 g/mol. The normalized spacial score (nSPS) is 10.4. The molecule has 0 fully saturated rings. The monoisotopic (exact) mass is 191 g/mol. The number of H-pyrrole nitrogens is 1. The topological polar surface area (TPSA) is 74.8 Å². The van der Waals surface area contributed by atoms with E-state index in [0.29, 0.717) is 16.7 Å². The minimum Gasteiger partial charge on any atom is -0.343 e. The Hall–Kier alpha value is -1.98. The number of hydrogen-bond acceptors (Lipinski definition) is 4. The predicted molar refractivity (Wildman–Crippen MR) is 49.7 cm³/mol. The van der Waals surface area contributed by atoms with Crippen LogP contribution in [0.1, 0.15) is 10.5 Å². The molecule has 1 N–H and O–H groups in total. The molecule has 0 saturated heterocycles. The van der Waals surface area contributed by atoms with Crippen LogP contribution in [-0.4, -0.2) is 45.1 Å². The molecular formula is C8H9N5O. The van der Waals surface area contributed by atoms with E-state index in [4.69, 9.17) is 0 Å². The first-order chi connectivity index (χ1) is 6.70. The van der Waals surface area contributed by atoms with Crippen molar-refractivity contribution in [3.63, 3.8) is 0 Å². The smallest absolute Gasteiger partial charge is 0.272 e. The van der Waals surface area contributed by atoms with E-state index in [-0.39, 0.29) is 5.91 Å². The van der Waals surface area contributed by atoms with E-state index in [1.807, 2.05) is 0 Å². The molecule has 2 aromatic heterocycles. The molecule has 14 heavy (non-hydrogen) atoms. The lowest BCUT2D eigenvalue weighted by atomic mass is 10.3. The van der Waals surface area contributed by atoms with E-state index >= 15 is 0 Å². The number of nitrogens with zero attached hydrogens (tertiary/aromatic N) is 4. The van der Waals surface area contributed by atoms with Gasteiger partial charge in [-0.2, -0.15) is 5.10 Å². The van der Waals surface area contributed by atoms with E-state index in [2.05, 4.69) is 20.2 Å². The highest BCUT2D eigenvalue weighted by Gasteiger charge is 2.15. The Morgan fingerprint density at radius 2 is 2.29 bits per heavy atom. The number of aromatic amines is 1. The molecule has 6 heteroatoms. The Bertz CT molecular complexity index is 475. The zero-order valence-electron chi connectivity index (χ0n) is 7.85.